The summed E-state index contributed by atoms with van der Waals surface area (Å²) in [5.74, 6) is -0.0927. The molecule has 1 aromatic carbocycles. The Hall–Kier alpha value is -2.63. The quantitative estimate of drug-likeness (QED) is 0.208. The van der Waals surface area contributed by atoms with E-state index in [0.29, 0.717) is 20.9 Å². The smallest absolute Gasteiger partial charge is 0.252 e. The van der Waals surface area contributed by atoms with Crippen LogP contribution in [0.2, 0.25) is 5.02 Å². The summed E-state index contributed by atoms with van der Waals surface area (Å²) in [5, 5.41) is 18.0. The Morgan fingerprint density at radius 1 is 1.25 bits per heavy atom. The van der Waals surface area contributed by atoms with Crippen molar-refractivity contribution in [3.05, 3.63) is 57.8 Å². The van der Waals surface area contributed by atoms with E-state index in [0.717, 1.165) is 0 Å². The minimum absolute atomic E-state index is 0.197. The highest BCUT2D eigenvalue weighted by Crippen LogP contribution is 2.21. The van der Waals surface area contributed by atoms with Gasteiger partial charge in [-0.25, -0.2) is 9.98 Å². The van der Waals surface area contributed by atoms with Crippen molar-refractivity contribution in [3.8, 4) is 6.19 Å². The molecule has 0 fully saturated rings. The predicted octanol–water partition coefficient (Wildman–Crippen LogP) is 4.14. The molecule has 0 aliphatic carbocycles. The van der Waals surface area contributed by atoms with Crippen molar-refractivity contribution < 1.29 is 4.79 Å². The van der Waals surface area contributed by atoms with Crippen molar-refractivity contribution in [2.45, 2.75) is 26.9 Å². The second-order valence-corrected chi connectivity index (χ2v) is 8.21. The fourth-order valence-electron chi connectivity index (χ4n) is 2.12. The van der Waals surface area contributed by atoms with Gasteiger partial charge in [0.15, 0.2) is 6.19 Å². The van der Waals surface area contributed by atoms with Gasteiger partial charge in [-0.15, -0.1) is 0 Å². The third kappa shape index (κ3) is 6.51. The van der Waals surface area contributed by atoms with Crippen molar-refractivity contribution in [2.75, 3.05) is 5.32 Å². The summed E-state index contributed by atoms with van der Waals surface area (Å²) in [4.78, 5) is 21.2. The van der Waals surface area contributed by atoms with Crippen LogP contribution in [0, 0.1) is 16.9 Å². The highest BCUT2D eigenvalue weighted by Gasteiger charge is 2.27. The zero-order valence-electron chi connectivity index (χ0n) is 15.6. The van der Waals surface area contributed by atoms with Crippen molar-refractivity contribution in [1.82, 2.24) is 15.6 Å². The Kier molecular flexibility index (Phi) is 7.38. The topological polar surface area (TPSA) is 102 Å². The van der Waals surface area contributed by atoms with E-state index in [4.69, 9.17) is 16.9 Å². The molecule has 2 aromatic rings. The van der Waals surface area contributed by atoms with E-state index < -0.39 is 11.6 Å². The molecule has 1 heterocycles. The van der Waals surface area contributed by atoms with Gasteiger partial charge >= 0.3 is 0 Å². The van der Waals surface area contributed by atoms with E-state index in [-0.39, 0.29) is 11.9 Å². The number of guanidine groups is 1. The second kappa shape index (κ2) is 9.53. The van der Waals surface area contributed by atoms with Crippen LogP contribution in [0.25, 0.3) is 0 Å². The number of benzene rings is 1. The number of hydrogen-bond acceptors (Lipinski definition) is 4. The molecule has 0 saturated heterocycles. The second-order valence-electron chi connectivity index (χ2n) is 6.96. The number of pyridine rings is 1. The molecule has 28 heavy (non-hydrogen) atoms. The number of hydrogen-bond donors (Lipinski definition) is 3. The van der Waals surface area contributed by atoms with E-state index in [1.165, 1.54) is 0 Å². The minimum atomic E-state index is -0.609. The van der Waals surface area contributed by atoms with Gasteiger partial charge in [-0.3, -0.25) is 10.1 Å². The van der Waals surface area contributed by atoms with Crippen LogP contribution in [-0.2, 0) is 0 Å². The Labute approximate surface area is 177 Å². The van der Waals surface area contributed by atoms with Crippen LogP contribution < -0.4 is 16.0 Å². The maximum Gasteiger partial charge on any atom is 0.252 e. The van der Waals surface area contributed by atoms with Crippen LogP contribution in [0.5, 0.6) is 0 Å². The van der Waals surface area contributed by atoms with E-state index in [2.05, 4.69) is 41.9 Å². The Balaban J connectivity index is 2.25. The number of aromatic nitrogens is 1. The molecule has 0 aliphatic heterocycles. The minimum Gasteiger partial charge on any atom is -0.330 e. The lowest BCUT2D eigenvalue weighted by Gasteiger charge is -2.29. The fraction of sp³-hybridized carbons (Fsp3) is 0.263. The van der Waals surface area contributed by atoms with Gasteiger partial charge in [0.1, 0.15) is 10.8 Å². The van der Waals surface area contributed by atoms with Crippen LogP contribution in [0.15, 0.2) is 52.2 Å². The molecule has 7 nitrogen and oxygen atoms in total. The van der Waals surface area contributed by atoms with E-state index in [1.807, 2.05) is 27.0 Å². The summed E-state index contributed by atoms with van der Waals surface area (Å²) in [7, 11) is 0. The first kappa shape index (κ1) is 21.7. The van der Waals surface area contributed by atoms with Crippen molar-refractivity contribution in [2.24, 2.45) is 10.4 Å². The molecule has 2 rings (SSSR count). The first-order valence-electron chi connectivity index (χ1n) is 8.37. The van der Waals surface area contributed by atoms with Crippen molar-refractivity contribution in [3.63, 3.8) is 0 Å². The Bertz CT molecular complexity index is 885. The molecular weight excluding hydrogens is 444 g/mol. The number of halogens is 2. The van der Waals surface area contributed by atoms with Crippen molar-refractivity contribution >= 4 is 45.1 Å². The highest BCUT2D eigenvalue weighted by molar-refractivity contribution is 9.10. The van der Waals surface area contributed by atoms with Gasteiger partial charge < -0.3 is 10.6 Å². The Morgan fingerprint density at radius 2 is 1.93 bits per heavy atom. The zero-order valence-corrected chi connectivity index (χ0v) is 18.0. The summed E-state index contributed by atoms with van der Waals surface area (Å²) in [6.07, 6.45) is 2.83. The number of nitrogens with one attached hydrogen (secondary N) is 3. The molecule has 1 aromatic heterocycles. The van der Waals surface area contributed by atoms with Gasteiger partial charge in [0.05, 0.1) is 11.9 Å². The Morgan fingerprint density at radius 3 is 2.46 bits per heavy atom. The monoisotopic (exact) mass is 462 g/mol. The van der Waals surface area contributed by atoms with Gasteiger partial charge in [0, 0.05) is 16.0 Å². The summed E-state index contributed by atoms with van der Waals surface area (Å²) < 4.78 is 0.688. The molecule has 3 N–H and O–H groups in total. The average molecular weight is 464 g/mol. The zero-order chi connectivity index (χ0) is 20.7. The standard InChI is InChI=1S/C19H20BrClN6O/c1-19(2,3)17(26-16(28)12-4-6-13(21)7-5-12)27-18(24-11-22)25-14-8-9-15(20)23-10-14/h4-10,17H,1-3H3,(H,26,28)(H2,24,25,27). The molecule has 0 bridgehead atoms. The SMILES string of the molecule is CC(C)(C)C(/N=C(\NC#N)Nc1ccc(Br)nc1)NC(=O)c1ccc(Cl)cc1. The molecule has 0 radical (unpaired) electrons. The van der Waals surface area contributed by atoms with Crippen LogP contribution in [0.1, 0.15) is 31.1 Å². The number of carbonyl (C=O) groups is 1. The van der Waals surface area contributed by atoms with Crippen molar-refractivity contribution in [1.29, 1.82) is 5.26 Å². The number of amides is 1. The maximum absolute atomic E-state index is 12.6. The molecule has 1 amide bonds. The molecular formula is C19H20BrClN6O. The van der Waals surface area contributed by atoms with Crippen LogP contribution in [0.3, 0.4) is 0 Å². The molecule has 0 aliphatic rings. The first-order chi connectivity index (χ1) is 13.2. The highest BCUT2D eigenvalue weighted by atomic mass is 79.9. The number of rotatable bonds is 4. The van der Waals surface area contributed by atoms with E-state index in [9.17, 15) is 4.79 Å². The third-order valence-electron chi connectivity index (χ3n) is 3.62. The lowest BCUT2D eigenvalue weighted by atomic mass is 9.92. The van der Waals surface area contributed by atoms with Crippen LogP contribution in [0.4, 0.5) is 5.69 Å². The van der Waals surface area contributed by atoms with Gasteiger partial charge in [0.25, 0.3) is 5.91 Å². The number of carbonyl (C=O) groups excluding carboxylic acids is 1. The number of aliphatic imine (C=N–C) groups is 1. The van der Waals surface area contributed by atoms with E-state index in [1.54, 1.807) is 42.6 Å². The first-order valence-corrected chi connectivity index (χ1v) is 9.54. The van der Waals surface area contributed by atoms with Crippen LogP contribution >= 0.6 is 27.5 Å². The molecule has 0 spiro atoms. The summed E-state index contributed by atoms with van der Waals surface area (Å²) >= 11 is 9.15. The summed E-state index contributed by atoms with van der Waals surface area (Å²) in [6.45, 7) is 5.82. The molecule has 146 valence electrons. The lowest BCUT2D eigenvalue weighted by molar-refractivity contribution is 0.0906. The lowest BCUT2D eigenvalue weighted by Crippen LogP contribution is -2.44. The average Bonchev–Trinajstić information content (AvgIpc) is 2.63. The maximum atomic E-state index is 12.6. The fourth-order valence-corrected chi connectivity index (χ4v) is 2.48. The number of anilines is 1. The third-order valence-corrected chi connectivity index (χ3v) is 4.34. The molecule has 0 saturated carbocycles. The van der Waals surface area contributed by atoms with Gasteiger partial charge in [-0.2, -0.15) is 5.26 Å². The van der Waals surface area contributed by atoms with Gasteiger partial charge in [-0.05, 0) is 52.3 Å². The summed E-state index contributed by atoms with van der Waals surface area (Å²) in [6, 6.07) is 10.1. The van der Waals surface area contributed by atoms with Gasteiger partial charge in [-0.1, -0.05) is 32.4 Å². The molecule has 9 heteroatoms. The largest absolute Gasteiger partial charge is 0.330 e. The van der Waals surface area contributed by atoms with Crippen LogP contribution in [-0.4, -0.2) is 23.0 Å². The predicted molar refractivity (Wildman–Crippen MR) is 114 cm³/mol. The normalized spacial score (nSPS) is 12.6. The molecule has 1 atom stereocenters. The van der Waals surface area contributed by atoms with E-state index >= 15 is 0 Å². The molecule has 1 unspecified atom stereocenters. The summed E-state index contributed by atoms with van der Waals surface area (Å²) in [5.41, 5.74) is 0.694. The number of nitrogens with zero attached hydrogens (tertiary/aromatic N) is 3. The number of nitriles is 1. The van der Waals surface area contributed by atoms with Gasteiger partial charge in [0.2, 0.25) is 5.96 Å².